The quantitative estimate of drug-likeness (QED) is 0.151. The summed E-state index contributed by atoms with van der Waals surface area (Å²) in [5.74, 6) is -1.17. The lowest BCUT2D eigenvalue weighted by Gasteiger charge is -2.18. The zero-order valence-electron chi connectivity index (χ0n) is 23.5. The number of hydrogen-bond acceptors (Lipinski definition) is 6. The maximum Gasteiger partial charge on any atom is 0.415 e. The molecule has 1 saturated heterocycles. The van der Waals surface area contributed by atoms with Crippen molar-refractivity contribution >= 4 is 24.0 Å². The first-order chi connectivity index (χ1) is 18.9. The van der Waals surface area contributed by atoms with Gasteiger partial charge in [-0.1, -0.05) is 89.3 Å². The summed E-state index contributed by atoms with van der Waals surface area (Å²) in [6, 6.07) is 7.44. The van der Waals surface area contributed by atoms with Crippen molar-refractivity contribution in [2.45, 2.75) is 89.7 Å². The summed E-state index contributed by atoms with van der Waals surface area (Å²) in [7, 11) is 1.53. The van der Waals surface area contributed by atoms with Crippen molar-refractivity contribution in [3.8, 4) is 0 Å². The molecule has 39 heavy (non-hydrogen) atoms. The van der Waals surface area contributed by atoms with Gasteiger partial charge in [0.2, 0.25) is 5.91 Å². The van der Waals surface area contributed by atoms with Crippen molar-refractivity contribution < 1.29 is 28.7 Å². The van der Waals surface area contributed by atoms with Crippen molar-refractivity contribution in [2.75, 3.05) is 33.3 Å². The van der Waals surface area contributed by atoms with E-state index in [0.29, 0.717) is 6.54 Å². The second-order valence-electron chi connectivity index (χ2n) is 10.0. The van der Waals surface area contributed by atoms with Gasteiger partial charge in [0.05, 0.1) is 17.7 Å². The van der Waals surface area contributed by atoms with Crippen LogP contribution in [0.3, 0.4) is 0 Å². The maximum absolute atomic E-state index is 12.6. The number of rotatable bonds is 17. The largest absolute Gasteiger partial charge is 0.415 e. The molecule has 10 heteroatoms. The molecule has 1 fully saturated rings. The Kier molecular flexibility index (Phi) is 15.6. The Bertz CT molecular complexity index is 882. The van der Waals surface area contributed by atoms with E-state index in [9.17, 15) is 19.2 Å². The number of nitrogens with one attached hydrogen (secondary N) is 3. The number of urea groups is 1. The number of amides is 4. The highest BCUT2D eigenvalue weighted by molar-refractivity contribution is 5.97. The third-order valence-electron chi connectivity index (χ3n) is 6.88. The van der Waals surface area contributed by atoms with Gasteiger partial charge in [0.15, 0.2) is 0 Å². The van der Waals surface area contributed by atoms with Gasteiger partial charge in [-0.05, 0) is 18.6 Å². The normalized spacial score (nSPS) is 16.5. The lowest BCUT2D eigenvalue weighted by atomic mass is 10.1. The number of benzene rings is 1. The smallest absolute Gasteiger partial charge is 0.377 e. The fourth-order valence-electron chi connectivity index (χ4n) is 4.58. The standard InChI is InChI=1S/C29H46N4O6/c1-3-4-5-6-7-8-9-10-11-12-16-19-30-28(36)32-24-21-33(22-25(24)38-2)26(34)20-31-29(37)39-27(35)23-17-14-13-15-18-23/h13-15,17-18,24-25H,3-12,16,19-22H2,1-2H3,(H,31,37)(H2,30,32,36)/t24-,25-/m0/s1. The number of unbranched alkanes of at least 4 members (excludes halogenated alkanes) is 10. The first-order valence-electron chi connectivity index (χ1n) is 14.3. The molecule has 1 heterocycles. The highest BCUT2D eigenvalue weighted by Crippen LogP contribution is 2.14. The first kappa shape index (κ1) is 32.1. The molecule has 218 valence electrons. The van der Waals surface area contributed by atoms with Gasteiger partial charge in [-0.2, -0.15) is 0 Å². The number of nitrogens with zero attached hydrogens (tertiary/aromatic N) is 1. The Balaban J connectivity index is 1.57. The number of methoxy groups -OCH3 is 1. The second kappa shape index (κ2) is 19.0. The summed E-state index contributed by atoms with van der Waals surface area (Å²) in [6.07, 6.45) is 12.4. The predicted molar refractivity (Wildman–Crippen MR) is 149 cm³/mol. The van der Waals surface area contributed by atoms with E-state index in [-0.39, 0.29) is 49.3 Å². The van der Waals surface area contributed by atoms with Crippen LogP contribution in [0.2, 0.25) is 0 Å². The van der Waals surface area contributed by atoms with Gasteiger partial charge in [-0.15, -0.1) is 0 Å². The molecule has 0 bridgehead atoms. The van der Waals surface area contributed by atoms with Crippen molar-refractivity contribution in [2.24, 2.45) is 0 Å². The first-order valence-corrected chi connectivity index (χ1v) is 14.3. The number of esters is 1. The van der Waals surface area contributed by atoms with Crippen LogP contribution in [0.5, 0.6) is 0 Å². The molecular weight excluding hydrogens is 500 g/mol. The van der Waals surface area contributed by atoms with Crippen molar-refractivity contribution in [3.05, 3.63) is 35.9 Å². The average Bonchev–Trinajstić information content (AvgIpc) is 3.35. The van der Waals surface area contributed by atoms with Gasteiger partial charge in [0.1, 0.15) is 6.54 Å². The van der Waals surface area contributed by atoms with E-state index in [2.05, 4.69) is 22.9 Å². The molecule has 0 unspecified atom stereocenters. The molecule has 0 aromatic heterocycles. The number of ether oxygens (including phenoxy) is 2. The van der Waals surface area contributed by atoms with Crippen LogP contribution in [0.4, 0.5) is 9.59 Å². The van der Waals surface area contributed by atoms with Gasteiger partial charge in [0, 0.05) is 26.7 Å². The van der Waals surface area contributed by atoms with Crippen molar-refractivity contribution in [3.63, 3.8) is 0 Å². The Morgan fingerprint density at radius 1 is 0.846 bits per heavy atom. The summed E-state index contributed by atoms with van der Waals surface area (Å²) in [4.78, 5) is 50.3. The number of alkyl carbamates (subject to hydrolysis) is 1. The molecular formula is C29H46N4O6. The van der Waals surface area contributed by atoms with Gasteiger partial charge in [0.25, 0.3) is 0 Å². The van der Waals surface area contributed by atoms with Crippen LogP contribution < -0.4 is 16.0 Å². The minimum atomic E-state index is -1.00. The van der Waals surface area contributed by atoms with Crippen LogP contribution in [0.25, 0.3) is 0 Å². The molecule has 0 radical (unpaired) electrons. The molecule has 0 saturated carbocycles. The van der Waals surface area contributed by atoms with E-state index in [1.165, 1.54) is 81.9 Å². The van der Waals surface area contributed by atoms with Gasteiger partial charge >= 0.3 is 18.1 Å². The average molecular weight is 547 g/mol. The lowest BCUT2D eigenvalue weighted by molar-refractivity contribution is -0.129. The third kappa shape index (κ3) is 13.0. The number of likely N-dealkylation sites (tertiary alicyclic amines) is 1. The molecule has 4 amide bonds. The van der Waals surface area contributed by atoms with Crippen LogP contribution in [0, 0.1) is 0 Å². The van der Waals surface area contributed by atoms with Crippen LogP contribution in [-0.2, 0) is 14.3 Å². The monoisotopic (exact) mass is 546 g/mol. The summed E-state index contributed by atoms with van der Waals surface area (Å²) >= 11 is 0. The molecule has 1 aromatic rings. The molecule has 10 nitrogen and oxygen atoms in total. The van der Waals surface area contributed by atoms with Crippen molar-refractivity contribution in [1.82, 2.24) is 20.9 Å². The molecule has 1 aliphatic rings. The van der Waals surface area contributed by atoms with E-state index < -0.39 is 12.1 Å². The van der Waals surface area contributed by atoms with Crippen LogP contribution >= 0.6 is 0 Å². The molecule has 3 N–H and O–H groups in total. The van der Waals surface area contributed by atoms with Gasteiger partial charge in [-0.3, -0.25) is 4.79 Å². The molecule has 1 aromatic carbocycles. The summed E-state index contributed by atoms with van der Waals surface area (Å²) in [6.45, 7) is 3.03. The SMILES string of the molecule is CCCCCCCCCCCCCNC(=O)N[C@H]1CN(C(=O)CNC(=O)OC(=O)c2ccccc2)C[C@@H]1OC. The molecule has 2 rings (SSSR count). The summed E-state index contributed by atoms with van der Waals surface area (Å²) in [5, 5.41) is 8.07. The van der Waals surface area contributed by atoms with E-state index in [0.717, 1.165) is 12.8 Å². The van der Waals surface area contributed by atoms with Crippen LogP contribution in [0.1, 0.15) is 87.9 Å². The highest BCUT2D eigenvalue weighted by atomic mass is 16.6. The minimum Gasteiger partial charge on any atom is -0.377 e. The Labute approximate surface area is 232 Å². The lowest BCUT2D eigenvalue weighted by Crippen LogP contribution is -2.48. The Morgan fingerprint density at radius 3 is 2.08 bits per heavy atom. The van der Waals surface area contributed by atoms with Crippen LogP contribution in [0.15, 0.2) is 30.3 Å². The summed E-state index contributed by atoms with van der Waals surface area (Å²) in [5.41, 5.74) is 0.233. The molecule has 0 aliphatic carbocycles. The molecule has 2 atom stereocenters. The topological polar surface area (TPSA) is 126 Å². The number of hydrogen-bond donors (Lipinski definition) is 3. The van der Waals surface area contributed by atoms with E-state index in [4.69, 9.17) is 9.47 Å². The zero-order chi connectivity index (χ0) is 28.3. The number of carbonyl (C=O) groups is 4. The second-order valence-corrected chi connectivity index (χ2v) is 10.0. The summed E-state index contributed by atoms with van der Waals surface area (Å²) < 4.78 is 10.2. The Morgan fingerprint density at radius 2 is 1.46 bits per heavy atom. The van der Waals surface area contributed by atoms with Crippen LogP contribution in [-0.4, -0.2) is 74.3 Å². The van der Waals surface area contributed by atoms with E-state index in [1.54, 1.807) is 18.2 Å². The minimum absolute atomic E-state index is 0.233. The zero-order valence-corrected chi connectivity index (χ0v) is 23.5. The maximum atomic E-state index is 12.6. The Hall–Kier alpha value is -3.14. The highest BCUT2D eigenvalue weighted by Gasteiger charge is 2.36. The van der Waals surface area contributed by atoms with Gasteiger partial charge in [-0.25, -0.2) is 14.4 Å². The number of carbonyl (C=O) groups excluding carboxylic acids is 4. The van der Waals surface area contributed by atoms with Gasteiger partial charge < -0.3 is 30.3 Å². The van der Waals surface area contributed by atoms with E-state index in [1.807, 2.05) is 0 Å². The predicted octanol–water partition coefficient (Wildman–Crippen LogP) is 4.39. The third-order valence-corrected chi connectivity index (χ3v) is 6.88. The molecule has 1 aliphatic heterocycles. The van der Waals surface area contributed by atoms with E-state index >= 15 is 0 Å². The fourth-order valence-corrected chi connectivity index (χ4v) is 4.58. The fraction of sp³-hybridized carbons (Fsp3) is 0.655. The molecule has 0 spiro atoms. The van der Waals surface area contributed by atoms with Crippen molar-refractivity contribution in [1.29, 1.82) is 0 Å².